The Hall–Kier alpha value is -0.990. The van der Waals surface area contributed by atoms with Crippen molar-refractivity contribution in [3.05, 3.63) is 12.0 Å². The average molecular weight is 130 g/mol. The van der Waals surface area contributed by atoms with Gasteiger partial charge >= 0.3 is 0 Å². The van der Waals surface area contributed by atoms with Gasteiger partial charge < -0.3 is 10.1 Å². The molecule has 0 spiro atoms. The molecule has 0 aromatic carbocycles. The zero-order valence-electron chi connectivity index (χ0n) is 7.46. The molecule has 0 amide bonds. The van der Waals surface area contributed by atoms with Crippen LogP contribution < -0.4 is 5.72 Å². The van der Waals surface area contributed by atoms with Crippen molar-refractivity contribution < 1.29 is 7.24 Å². The summed E-state index contributed by atoms with van der Waals surface area (Å²) >= 11 is 0. The number of rotatable bonds is 2. The molecule has 3 heteroatoms. The van der Waals surface area contributed by atoms with Crippen LogP contribution in [0.1, 0.15) is 25.5 Å². The van der Waals surface area contributed by atoms with Crippen LogP contribution in [-0.4, -0.2) is 4.98 Å². The minimum Gasteiger partial charge on any atom is -0.429 e. The van der Waals surface area contributed by atoms with Crippen LogP contribution in [0.15, 0.2) is 10.6 Å². The normalized spacial score (nSPS) is 13.2. The van der Waals surface area contributed by atoms with E-state index in [1.165, 1.54) is 6.20 Å². The van der Waals surface area contributed by atoms with Crippen LogP contribution >= 0.6 is 0 Å². The van der Waals surface area contributed by atoms with Gasteiger partial charge in [-0.15, -0.1) is 0 Å². The Morgan fingerprint density at radius 1 is 1.89 bits per heavy atom. The highest BCUT2D eigenvalue weighted by atomic mass is 16.4. The molecule has 0 aliphatic carbocycles. The molecule has 0 saturated heterocycles. The Morgan fingerprint density at radius 2 is 2.67 bits per heavy atom. The van der Waals surface area contributed by atoms with E-state index in [1.807, 2.05) is 13.8 Å². The average Bonchev–Trinajstić information content (AvgIpc) is 2.33. The third kappa shape index (κ3) is 1.22. The van der Waals surface area contributed by atoms with E-state index in [9.17, 15) is 0 Å². The maximum atomic E-state index is 6.82. The van der Waals surface area contributed by atoms with Crippen molar-refractivity contribution >= 4 is 6.01 Å². The van der Waals surface area contributed by atoms with Crippen LogP contribution in [0.5, 0.6) is 0 Å². The van der Waals surface area contributed by atoms with Crippen LogP contribution in [-0.2, 0) is 0 Å². The fraction of sp³-hybridized carbons (Fsp3) is 0.500. The van der Waals surface area contributed by atoms with E-state index in [-0.39, 0.29) is 11.9 Å². The SMILES string of the molecule is [3H]N([3H])c1ncc(C(C)C)o1. The molecular formula is C6H10N2O. The molecule has 0 atom stereocenters. The fourth-order valence-electron chi connectivity index (χ4n) is 0.544. The summed E-state index contributed by atoms with van der Waals surface area (Å²) in [6.07, 6.45) is 1.54. The summed E-state index contributed by atoms with van der Waals surface area (Å²) in [6.45, 7) is 3.92. The molecular weight excluding hydrogens is 116 g/mol. The number of aromatic nitrogens is 1. The lowest BCUT2D eigenvalue weighted by atomic mass is 10.2. The maximum Gasteiger partial charge on any atom is 0.292 e. The van der Waals surface area contributed by atoms with E-state index in [0.29, 0.717) is 11.5 Å². The van der Waals surface area contributed by atoms with Gasteiger partial charge in [-0.25, -0.2) is 4.98 Å². The molecule has 0 saturated carbocycles. The van der Waals surface area contributed by atoms with E-state index in [4.69, 9.17) is 7.24 Å². The number of nitrogens with two attached hydrogens (primary N) is 1. The van der Waals surface area contributed by atoms with Gasteiger partial charge in [0.1, 0.15) is 5.76 Å². The van der Waals surface area contributed by atoms with E-state index in [2.05, 4.69) is 4.98 Å². The summed E-state index contributed by atoms with van der Waals surface area (Å²) in [5.41, 5.74) is 0.353. The lowest BCUT2D eigenvalue weighted by Gasteiger charge is -1.94. The quantitative estimate of drug-likeness (QED) is 0.658. The number of anilines is 1. The second kappa shape index (κ2) is 2.09. The molecule has 1 aromatic heterocycles. The fourth-order valence-corrected chi connectivity index (χ4v) is 0.544. The summed E-state index contributed by atoms with van der Waals surface area (Å²) in [6, 6.07) is 0.00806. The van der Waals surface area contributed by atoms with Gasteiger partial charge in [-0.2, -0.15) is 0 Å². The molecule has 1 aromatic rings. The van der Waals surface area contributed by atoms with E-state index in [0.717, 1.165) is 0 Å². The molecule has 1 heterocycles. The zero-order valence-corrected chi connectivity index (χ0v) is 5.46. The predicted molar refractivity (Wildman–Crippen MR) is 35.0 cm³/mol. The molecule has 0 aliphatic rings. The van der Waals surface area contributed by atoms with E-state index >= 15 is 0 Å². The van der Waals surface area contributed by atoms with Gasteiger partial charge in [0.15, 0.2) is 2.82 Å². The van der Waals surface area contributed by atoms with Gasteiger partial charge in [-0.3, -0.25) is 0 Å². The van der Waals surface area contributed by atoms with E-state index < -0.39 is 0 Å². The minimum absolute atomic E-state index is 0.00806. The number of hydrogen-bond donors (Lipinski definition) is 1. The highest BCUT2D eigenvalue weighted by molar-refractivity contribution is 5.12. The summed E-state index contributed by atoms with van der Waals surface area (Å²) < 4.78 is 18.7. The van der Waals surface area contributed by atoms with Gasteiger partial charge in [0, 0.05) is 5.92 Å². The maximum absolute atomic E-state index is 6.82. The van der Waals surface area contributed by atoms with Crippen molar-refractivity contribution in [2.45, 2.75) is 19.8 Å². The first-order valence-electron chi connectivity index (χ1n) is 3.74. The van der Waals surface area contributed by atoms with Crippen molar-refractivity contribution in [3.63, 3.8) is 0 Å². The molecule has 0 bridgehead atoms. The molecule has 1 rings (SSSR count). The number of hydrogen-bond acceptors (Lipinski definition) is 3. The highest BCUT2D eigenvalue weighted by Crippen LogP contribution is 2.15. The van der Waals surface area contributed by atoms with Crippen molar-refractivity contribution in [2.75, 3.05) is 5.72 Å². The van der Waals surface area contributed by atoms with Gasteiger partial charge in [0.05, 0.1) is 6.20 Å². The van der Waals surface area contributed by atoms with Crippen molar-refractivity contribution in [2.24, 2.45) is 0 Å². The largest absolute Gasteiger partial charge is 0.429 e. The molecule has 9 heavy (non-hydrogen) atoms. The summed E-state index contributed by atoms with van der Waals surface area (Å²) in [5, 5.41) is 0. The molecule has 50 valence electrons. The van der Waals surface area contributed by atoms with Crippen LogP contribution in [0.25, 0.3) is 0 Å². The smallest absolute Gasteiger partial charge is 0.292 e. The molecule has 2 N–H and O–H groups in total. The monoisotopic (exact) mass is 130 g/mol. The first-order valence-corrected chi connectivity index (χ1v) is 2.85. The lowest BCUT2D eigenvalue weighted by Crippen LogP contribution is -1.82. The van der Waals surface area contributed by atoms with Crippen LogP contribution in [0.4, 0.5) is 6.01 Å². The number of oxazole rings is 1. The van der Waals surface area contributed by atoms with Crippen molar-refractivity contribution in [1.82, 2.24) is 4.98 Å². The van der Waals surface area contributed by atoms with Gasteiger partial charge in [-0.05, 0) is 0 Å². The van der Waals surface area contributed by atoms with Gasteiger partial charge in [0.2, 0.25) is 0 Å². The Balaban J connectivity index is 2.82. The van der Waals surface area contributed by atoms with Gasteiger partial charge in [0.25, 0.3) is 6.01 Å². The van der Waals surface area contributed by atoms with Crippen LogP contribution in [0.2, 0.25) is 2.82 Å². The number of nitrogen functional groups attached to an aromatic ring is 1. The van der Waals surface area contributed by atoms with Crippen molar-refractivity contribution in [1.29, 1.82) is 0 Å². The third-order valence-electron chi connectivity index (χ3n) is 1.08. The van der Waals surface area contributed by atoms with Crippen LogP contribution in [0.3, 0.4) is 0 Å². The topological polar surface area (TPSA) is 52.0 Å². The van der Waals surface area contributed by atoms with Gasteiger partial charge in [-0.1, -0.05) is 13.8 Å². The Kier molecular flexibility index (Phi) is 0.912. The molecule has 0 aliphatic heterocycles. The molecule has 0 fully saturated rings. The Morgan fingerprint density at radius 3 is 3.00 bits per heavy atom. The highest BCUT2D eigenvalue weighted by Gasteiger charge is 2.03. The second-order valence-corrected chi connectivity index (χ2v) is 2.20. The lowest BCUT2D eigenvalue weighted by molar-refractivity contribution is 0.499. The Bertz CT molecular complexity index is 212. The van der Waals surface area contributed by atoms with Crippen molar-refractivity contribution in [3.8, 4) is 0 Å². The molecule has 0 unspecified atom stereocenters. The summed E-state index contributed by atoms with van der Waals surface area (Å²) in [4.78, 5) is 3.72. The first-order chi connectivity index (χ1) is 5.11. The van der Waals surface area contributed by atoms with E-state index in [1.54, 1.807) is 0 Å². The Labute approximate surface area is 56.8 Å². The standard InChI is InChI=1S/C6H10N2O/c1-4(2)5-3-8-6(7)9-5/h3-4H,1-2H3,(H2,7,8)/i/hT2. The summed E-state index contributed by atoms with van der Waals surface area (Å²) in [5.74, 6) is 0.945. The minimum atomic E-state index is 0.00806. The predicted octanol–water partition coefficient (Wildman–Crippen LogP) is 1.38. The number of nitrogens with zero attached hydrogens (tertiary/aromatic N) is 1. The molecule has 3 nitrogen and oxygen atoms in total. The summed E-state index contributed by atoms with van der Waals surface area (Å²) in [7, 11) is 0. The molecule has 0 radical (unpaired) electrons. The second-order valence-electron chi connectivity index (χ2n) is 2.20. The van der Waals surface area contributed by atoms with Crippen LogP contribution in [0, 0.1) is 0 Å². The zero-order chi connectivity index (χ0) is 8.43. The third-order valence-corrected chi connectivity index (χ3v) is 1.08. The first kappa shape index (κ1) is 3.93.